The summed E-state index contributed by atoms with van der Waals surface area (Å²) in [6.07, 6.45) is 2.96. The quantitative estimate of drug-likeness (QED) is 0.458. The van der Waals surface area contributed by atoms with Crippen molar-refractivity contribution in [3.63, 3.8) is 0 Å². The van der Waals surface area contributed by atoms with Gasteiger partial charge in [0.05, 0.1) is 0 Å². The molecule has 0 radical (unpaired) electrons. The van der Waals surface area contributed by atoms with Gasteiger partial charge in [-0.05, 0) is 56.4 Å². The molecule has 150 valence electrons. The molecule has 0 heterocycles. The summed E-state index contributed by atoms with van der Waals surface area (Å²) in [5, 5.41) is 9.60. The summed E-state index contributed by atoms with van der Waals surface area (Å²) >= 11 is 0. The second-order valence-electron chi connectivity index (χ2n) is 6.96. The third-order valence-electron chi connectivity index (χ3n) is 4.38. The topological polar surface area (TPSA) is 65.5 Å². The van der Waals surface area contributed by atoms with Gasteiger partial charge in [0.15, 0.2) is 5.96 Å². The van der Waals surface area contributed by atoms with E-state index in [0.29, 0.717) is 12.6 Å². The molecule has 2 aromatic rings. The van der Waals surface area contributed by atoms with Crippen LogP contribution in [-0.2, 0) is 17.6 Å². The van der Waals surface area contributed by atoms with Gasteiger partial charge in [-0.25, -0.2) is 0 Å². The number of hydrogen-bond donors (Lipinski definition) is 3. The fourth-order valence-electron chi connectivity index (χ4n) is 2.91. The first kappa shape index (κ1) is 21.5. The minimum atomic E-state index is -0.0555. The highest BCUT2D eigenvalue weighted by atomic mass is 16.1. The van der Waals surface area contributed by atoms with E-state index in [0.717, 1.165) is 37.5 Å². The van der Waals surface area contributed by atoms with E-state index in [2.05, 4.69) is 60.1 Å². The summed E-state index contributed by atoms with van der Waals surface area (Å²) in [5.41, 5.74) is 3.38. The molecule has 0 aliphatic rings. The first-order valence-electron chi connectivity index (χ1n) is 10.0. The molecule has 28 heavy (non-hydrogen) atoms. The highest BCUT2D eigenvalue weighted by Gasteiger charge is 2.05. The molecule has 1 unspecified atom stereocenters. The number of guanidine groups is 1. The van der Waals surface area contributed by atoms with Crippen LogP contribution in [0.1, 0.15) is 38.3 Å². The lowest BCUT2D eigenvalue weighted by Crippen LogP contribution is -2.42. The second kappa shape index (κ2) is 11.8. The average Bonchev–Trinajstić information content (AvgIpc) is 2.68. The third-order valence-corrected chi connectivity index (χ3v) is 4.38. The van der Waals surface area contributed by atoms with E-state index in [9.17, 15) is 4.79 Å². The van der Waals surface area contributed by atoms with Crippen molar-refractivity contribution < 1.29 is 4.79 Å². The first-order chi connectivity index (χ1) is 13.6. The Labute approximate surface area is 168 Å². The Morgan fingerprint density at radius 1 is 1.00 bits per heavy atom. The van der Waals surface area contributed by atoms with Gasteiger partial charge in [-0.2, -0.15) is 0 Å². The number of carbonyl (C=O) groups excluding carboxylic acids is 1. The van der Waals surface area contributed by atoms with Crippen molar-refractivity contribution in [2.75, 3.05) is 18.4 Å². The average molecular weight is 381 g/mol. The van der Waals surface area contributed by atoms with E-state index in [1.54, 1.807) is 0 Å². The number of aliphatic imine (C=N–C) groups is 1. The highest BCUT2D eigenvalue weighted by molar-refractivity contribution is 5.88. The molecule has 2 rings (SSSR count). The number of nitrogens with zero attached hydrogens (tertiary/aromatic N) is 1. The number of benzene rings is 2. The molecule has 0 saturated heterocycles. The van der Waals surface area contributed by atoms with Crippen LogP contribution in [-0.4, -0.2) is 31.0 Å². The Kier molecular flexibility index (Phi) is 9.05. The molecule has 0 spiro atoms. The van der Waals surface area contributed by atoms with E-state index in [4.69, 9.17) is 4.99 Å². The Morgan fingerprint density at radius 2 is 1.68 bits per heavy atom. The zero-order valence-electron chi connectivity index (χ0n) is 17.2. The molecule has 3 N–H and O–H groups in total. The predicted octanol–water partition coefficient (Wildman–Crippen LogP) is 3.76. The molecule has 0 fully saturated rings. The van der Waals surface area contributed by atoms with Crippen LogP contribution in [0.15, 0.2) is 59.6 Å². The van der Waals surface area contributed by atoms with Crippen LogP contribution >= 0.6 is 0 Å². The minimum absolute atomic E-state index is 0.0555. The second-order valence-corrected chi connectivity index (χ2v) is 6.96. The Bertz CT molecular complexity index is 741. The lowest BCUT2D eigenvalue weighted by atomic mass is 10.1. The zero-order chi connectivity index (χ0) is 20.2. The third kappa shape index (κ3) is 8.25. The van der Waals surface area contributed by atoms with Crippen molar-refractivity contribution in [2.45, 2.75) is 46.1 Å². The number of carbonyl (C=O) groups is 1. The predicted molar refractivity (Wildman–Crippen MR) is 118 cm³/mol. The smallest absolute Gasteiger partial charge is 0.221 e. The molecule has 2 aromatic carbocycles. The van der Waals surface area contributed by atoms with Gasteiger partial charge in [0, 0.05) is 31.7 Å². The largest absolute Gasteiger partial charge is 0.357 e. The normalized spacial score (nSPS) is 12.3. The summed E-state index contributed by atoms with van der Waals surface area (Å²) < 4.78 is 0. The molecule has 1 atom stereocenters. The standard InChI is InChI=1S/C23H32N4O/c1-4-24-23(26-18(2)10-11-20-8-6-5-7-9-20)25-17-16-21-12-14-22(15-13-21)27-19(3)28/h5-9,12-15,18H,4,10-11,16-17H2,1-3H3,(H,27,28)(H2,24,25,26). The number of amides is 1. The molecular weight excluding hydrogens is 348 g/mol. The van der Waals surface area contributed by atoms with Gasteiger partial charge in [-0.3, -0.25) is 9.79 Å². The summed E-state index contributed by atoms with van der Waals surface area (Å²) in [6.45, 7) is 7.32. The molecule has 5 nitrogen and oxygen atoms in total. The van der Waals surface area contributed by atoms with Gasteiger partial charge in [-0.1, -0.05) is 42.5 Å². The van der Waals surface area contributed by atoms with Gasteiger partial charge in [0.25, 0.3) is 0 Å². The SMILES string of the molecule is CCNC(=NCCc1ccc(NC(C)=O)cc1)NC(C)CCc1ccccc1. The van der Waals surface area contributed by atoms with E-state index in [1.807, 2.05) is 24.3 Å². The number of nitrogens with one attached hydrogen (secondary N) is 3. The number of hydrogen-bond acceptors (Lipinski definition) is 2. The summed E-state index contributed by atoms with van der Waals surface area (Å²) in [5.74, 6) is 0.804. The Hall–Kier alpha value is -2.82. The van der Waals surface area contributed by atoms with Crippen LogP contribution in [0.25, 0.3) is 0 Å². The van der Waals surface area contributed by atoms with Crippen molar-refractivity contribution in [3.8, 4) is 0 Å². The van der Waals surface area contributed by atoms with Gasteiger partial charge in [-0.15, -0.1) is 0 Å². The van der Waals surface area contributed by atoms with Crippen molar-refractivity contribution in [3.05, 3.63) is 65.7 Å². The minimum Gasteiger partial charge on any atom is -0.357 e. The molecule has 0 aromatic heterocycles. The Morgan fingerprint density at radius 3 is 2.32 bits per heavy atom. The summed E-state index contributed by atoms with van der Waals surface area (Å²) in [7, 11) is 0. The van der Waals surface area contributed by atoms with Gasteiger partial charge >= 0.3 is 0 Å². The van der Waals surface area contributed by atoms with E-state index >= 15 is 0 Å². The fraction of sp³-hybridized carbons (Fsp3) is 0.391. The molecular formula is C23H32N4O. The van der Waals surface area contributed by atoms with Crippen molar-refractivity contribution in [2.24, 2.45) is 4.99 Å². The molecule has 0 aliphatic heterocycles. The maximum atomic E-state index is 11.1. The molecule has 5 heteroatoms. The molecule has 1 amide bonds. The lowest BCUT2D eigenvalue weighted by molar-refractivity contribution is -0.114. The van der Waals surface area contributed by atoms with Crippen LogP contribution in [0.5, 0.6) is 0 Å². The van der Waals surface area contributed by atoms with E-state index in [-0.39, 0.29) is 5.91 Å². The summed E-state index contributed by atoms with van der Waals surface area (Å²) in [4.78, 5) is 15.8. The highest BCUT2D eigenvalue weighted by Crippen LogP contribution is 2.10. The van der Waals surface area contributed by atoms with E-state index in [1.165, 1.54) is 18.1 Å². The lowest BCUT2D eigenvalue weighted by Gasteiger charge is -2.18. The summed E-state index contributed by atoms with van der Waals surface area (Å²) in [6, 6.07) is 18.8. The molecule has 0 bridgehead atoms. The zero-order valence-corrected chi connectivity index (χ0v) is 17.2. The maximum absolute atomic E-state index is 11.1. The van der Waals surface area contributed by atoms with Crippen LogP contribution in [0.4, 0.5) is 5.69 Å². The first-order valence-corrected chi connectivity index (χ1v) is 10.0. The van der Waals surface area contributed by atoms with Crippen molar-refractivity contribution >= 4 is 17.6 Å². The number of aryl methyl sites for hydroxylation is 1. The van der Waals surface area contributed by atoms with Crippen LogP contribution in [0.2, 0.25) is 0 Å². The van der Waals surface area contributed by atoms with Gasteiger partial charge in [0.1, 0.15) is 0 Å². The number of rotatable bonds is 9. The van der Waals surface area contributed by atoms with Crippen LogP contribution in [0, 0.1) is 0 Å². The maximum Gasteiger partial charge on any atom is 0.221 e. The van der Waals surface area contributed by atoms with E-state index < -0.39 is 0 Å². The van der Waals surface area contributed by atoms with Crippen molar-refractivity contribution in [1.82, 2.24) is 10.6 Å². The van der Waals surface area contributed by atoms with Crippen LogP contribution in [0.3, 0.4) is 0 Å². The Balaban J connectivity index is 1.81. The van der Waals surface area contributed by atoms with Crippen LogP contribution < -0.4 is 16.0 Å². The fourth-order valence-corrected chi connectivity index (χ4v) is 2.91. The molecule has 0 aliphatic carbocycles. The monoisotopic (exact) mass is 380 g/mol. The molecule has 0 saturated carbocycles. The van der Waals surface area contributed by atoms with Crippen molar-refractivity contribution in [1.29, 1.82) is 0 Å². The number of anilines is 1. The van der Waals surface area contributed by atoms with Gasteiger partial charge < -0.3 is 16.0 Å². The van der Waals surface area contributed by atoms with Gasteiger partial charge in [0.2, 0.25) is 5.91 Å².